The molecule has 0 bridgehead atoms. The third-order valence-corrected chi connectivity index (χ3v) is 4.28. The Kier molecular flexibility index (Phi) is 2.68. The number of halogens is 2. The van der Waals surface area contributed by atoms with Gasteiger partial charge in [0.05, 0.1) is 15.5 Å². The summed E-state index contributed by atoms with van der Waals surface area (Å²) in [7, 11) is 0. The molecule has 0 amide bonds. The minimum absolute atomic E-state index is 0.361. The van der Waals surface area contributed by atoms with Gasteiger partial charge in [-0.05, 0) is 49.4 Å². The van der Waals surface area contributed by atoms with Crippen molar-refractivity contribution in [3.05, 3.63) is 49.7 Å². The van der Waals surface area contributed by atoms with E-state index in [1.54, 1.807) is 6.07 Å². The predicted molar refractivity (Wildman–Crippen MR) is 79.8 cm³/mol. The number of hydrogen-bond donors (Lipinski definition) is 1. The van der Waals surface area contributed by atoms with E-state index in [1.807, 2.05) is 24.3 Å². The number of rotatable bonds is 0. The van der Waals surface area contributed by atoms with E-state index in [9.17, 15) is 4.79 Å². The van der Waals surface area contributed by atoms with Crippen molar-refractivity contribution in [3.63, 3.8) is 0 Å². The molecule has 3 rings (SSSR count). The lowest BCUT2D eigenvalue weighted by atomic mass is 10.1. The summed E-state index contributed by atoms with van der Waals surface area (Å²) in [6.07, 6.45) is 0. The van der Waals surface area contributed by atoms with Crippen LogP contribution in [-0.2, 0) is 0 Å². The summed E-state index contributed by atoms with van der Waals surface area (Å²) in [6, 6.07) is 9.20. The van der Waals surface area contributed by atoms with Crippen molar-refractivity contribution in [2.75, 3.05) is 5.73 Å². The maximum Gasteiger partial charge on any atom is 0.344 e. The summed E-state index contributed by atoms with van der Waals surface area (Å²) in [5.41, 5.74) is 6.51. The van der Waals surface area contributed by atoms with Crippen molar-refractivity contribution in [3.8, 4) is 0 Å². The van der Waals surface area contributed by atoms with Gasteiger partial charge in [-0.25, -0.2) is 4.79 Å². The first-order chi connectivity index (χ1) is 8.59. The van der Waals surface area contributed by atoms with E-state index in [4.69, 9.17) is 10.2 Å². The molecule has 3 aromatic rings. The van der Waals surface area contributed by atoms with Gasteiger partial charge in [0.25, 0.3) is 0 Å². The van der Waals surface area contributed by atoms with E-state index in [0.717, 1.165) is 15.2 Å². The summed E-state index contributed by atoms with van der Waals surface area (Å²) in [5, 5.41) is 2.26. The predicted octanol–water partition coefficient (Wildman–Crippen LogP) is 4.05. The summed E-state index contributed by atoms with van der Waals surface area (Å²) in [5.74, 6) is 0. The number of nitrogen functional groups attached to an aromatic ring is 1. The first kappa shape index (κ1) is 11.7. The molecule has 5 heteroatoms. The van der Waals surface area contributed by atoms with Gasteiger partial charge in [-0.3, -0.25) is 0 Å². The molecule has 2 aromatic carbocycles. The van der Waals surface area contributed by atoms with Crippen molar-refractivity contribution in [1.29, 1.82) is 0 Å². The highest BCUT2D eigenvalue weighted by molar-refractivity contribution is 9.11. The van der Waals surface area contributed by atoms with Crippen LogP contribution in [0.1, 0.15) is 0 Å². The Morgan fingerprint density at radius 3 is 2.44 bits per heavy atom. The van der Waals surface area contributed by atoms with Gasteiger partial charge < -0.3 is 10.2 Å². The zero-order chi connectivity index (χ0) is 12.9. The molecule has 0 radical (unpaired) electrons. The normalized spacial score (nSPS) is 11.2. The molecule has 0 spiro atoms. The Labute approximate surface area is 119 Å². The Hall–Kier alpha value is -1.33. The topological polar surface area (TPSA) is 56.2 Å². The number of anilines is 1. The third kappa shape index (κ3) is 1.58. The van der Waals surface area contributed by atoms with Crippen molar-refractivity contribution in [2.45, 2.75) is 0 Å². The summed E-state index contributed by atoms with van der Waals surface area (Å²) >= 11 is 6.76. The summed E-state index contributed by atoms with van der Waals surface area (Å²) in [4.78, 5) is 11.9. The molecule has 0 aliphatic rings. The molecule has 0 aliphatic carbocycles. The van der Waals surface area contributed by atoms with E-state index in [-0.39, 0.29) is 5.63 Å². The highest BCUT2D eigenvalue weighted by Crippen LogP contribution is 2.37. The number of hydrogen-bond acceptors (Lipinski definition) is 3. The van der Waals surface area contributed by atoms with Gasteiger partial charge in [-0.15, -0.1) is 0 Å². The fraction of sp³-hybridized carbons (Fsp3) is 0. The smallest absolute Gasteiger partial charge is 0.344 e. The molecule has 2 N–H and O–H groups in total. The molecule has 0 atom stereocenters. The highest BCUT2D eigenvalue weighted by Gasteiger charge is 2.13. The van der Waals surface area contributed by atoms with Crippen LogP contribution in [0.15, 0.2) is 48.5 Å². The van der Waals surface area contributed by atoms with Gasteiger partial charge in [0.15, 0.2) is 5.58 Å². The lowest BCUT2D eigenvalue weighted by molar-refractivity contribution is 0.568. The molecular weight excluding hydrogens is 362 g/mol. The molecule has 0 fully saturated rings. The van der Waals surface area contributed by atoms with Gasteiger partial charge in [-0.2, -0.15) is 0 Å². The zero-order valence-corrected chi connectivity index (χ0v) is 12.2. The third-order valence-electron chi connectivity index (χ3n) is 2.84. The van der Waals surface area contributed by atoms with Gasteiger partial charge in [0.2, 0.25) is 0 Å². The van der Waals surface area contributed by atoms with Crippen LogP contribution in [0.2, 0.25) is 0 Å². The molecule has 3 nitrogen and oxygen atoms in total. The zero-order valence-electron chi connectivity index (χ0n) is 9.04. The molecule has 18 heavy (non-hydrogen) atoms. The van der Waals surface area contributed by atoms with E-state index in [2.05, 4.69) is 31.9 Å². The molecule has 90 valence electrons. The Morgan fingerprint density at radius 2 is 1.72 bits per heavy atom. The Morgan fingerprint density at radius 1 is 1.06 bits per heavy atom. The SMILES string of the molecule is Nc1c(Br)cc2c(oc(=O)c3ccccc32)c1Br. The van der Waals surface area contributed by atoms with E-state index >= 15 is 0 Å². The first-order valence-electron chi connectivity index (χ1n) is 5.18. The van der Waals surface area contributed by atoms with Crippen LogP contribution >= 0.6 is 31.9 Å². The number of benzene rings is 2. The summed E-state index contributed by atoms with van der Waals surface area (Å²) < 4.78 is 6.70. The molecule has 0 saturated heterocycles. The van der Waals surface area contributed by atoms with Crippen LogP contribution in [0.4, 0.5) is 5.69 Å². The van der Waals surface area contributed by atoms with E-state index in [1.165, 1.54) is 0 Å². The molecular formula is C13H7Br2NO2. The lowest BCUT2D eigenvalue weighted by Crippen LogP contribution is -2.01. The van der Waals surface area contributed by atoms with Gasteiger partial charge in [0, 0.05) is 9.86 Å². The second-order valence-corrected chi connectivity index (χ2v) is 5.55. The summed E-state index contributed by atoms with van der Waals surface area (Å²) in [6.45, 7) is 0. The average Bonchev–Trinajstić information content (AvgIpc) is 2.38. The Balaban J connectivity index is 2.68. The van der Waals surface area contributed by atoms with Crippen LogP contribution in [0, 0.1) is 0 Å². The van der Waals surface area contributed by atoms with Gasteiger partial charge in [0.1, 0.15) is 0 Å². The minimum atomic E-state index is -0.361. The van der Waals surface area contributed by atoms with Crippen LogP contribution in [0.5, 0.6) is 0 Å². The van der Waals surface area contributed by atoms with Crippen molar-refractivity contribution >= 4 is 59.3 Å². The van der Waals surface area contributed by atoms with Crippen molar-refractivity contribution < 1.29 is 4.42 Å². The van der Waals surface area contributed by atoms with Crippen LogP contribution in [-0.4, -0.2) is 0 Å². The van der Waals surface area contributed by atoms with E-state index < -0.39 is 0 Å². The maximum absolute atomic E-state index is 11.9. The van der Waals surface area contributed by atoms with Crippen LogP contribution < -0.4 is 11.4 Å². The van der Waals surface area contributed by atoms with Crippen LogP contribution in [0.25, 0.3) is 21.7 Å². The number of fused-ring (bicyclic) bond motifs is 3. The van der Waals surface area contributed by atoms with E-state index in [0.29, 0.717) is 21.1 Å². The van der Waals surface area contributed by atoms with Gasteiger partial charge in [-0.1, -0.05) is 18.2 Å². The fourth-order valence-corrected chi connectivity index (χ4v) is 3.16. The monoisotopic (exact) mass is 367 g/mol. The van der Waals surface area contributed by atoms with Crippen molar-refractivity contribution in [1.82, 2.24) is 0 Å². The average molecular weight is 369 g/mol. The van der Waals surface area contributed by atoms with Crippen molar-refractivity contribution in [2.24, 2.45) is 0 Å². The Bertz CT molecular complexity index is 840. The second-order valence-electron chi connectivity index (χ2n) is 3.90. The number of nitrogens with two attached hydrogens (primary N) is 1. The molecule has 0 aliphatic heterocycles. The maximum atomic E-state index is 11.9. The fourth-order valence-electron chi connectivity index (χ4n) is 1.96. The minimum Gasteiger partial charge on any atom is -0.421 e. The largest absolute Gasteiger partial charge is 0.421 e. The van der Waals surface area contributed by atoms with Gasteiger partial charge >= 0.3 is 5.63 Å². The second kappa shape index (κ2) is 4.10. The molecule has 1 aromatic heterocycles. The molecule has 0 saturated carbocycles. The molecule has 1 heterocycles. The first-order valence-corrected chi connectivity index (χ1v) is 6.77. The van der Waals surface area contributed by atoms with Crippen LogP contribution in [0.3, 0.4) is 0 Å². The standard InChI is InChI=1S/C13H7Br2NO2/c14-9-5-8-6-3-1-2-4-7(6)13(17)18-12(8)10(15)11(9)16/h1-5H,16H2. The quantitative estimate of drug-likeness (QED) is 0.370. The highest BCUT2D eigenvalue weighted by atomic mass is 79.9. The lowest BCUT2D eigenvalue weighted by Gasteiger charge is -2.07. The molecule has 0 unspecified atom stereocenters.